The number of benzene rings is 3. The molecule has 0 saturated heterocycles. The summed E-state index contributed by atoms with van der Waals surface area (Å²) in [5.41, 5.74) is 2.46. The Balaban J connectivity index is 1.68. The summed E-state index contributed by atoms with van der Waals surface area (Å²) < 4.78 is 18.8. The van der Waals surface area contributed by atoms with Crippen molar-refractivity contribution in [2.75, 3.05) is 5.32 Å². The van der Waals surface area contributed by atoms with Crippen LogP contribution in [0.5, 0.6) is 5.75 Å². The Morgan fingerprint density at radius 1 is 1.04 bits per heavy atom. The highest BCUT2D eigenvalue weighted by atomic mass is 35.5. The van der Waals surface area contributed by atoms with Crippen molar-refractivity contribution in [2.45, 2.75) is 13.2 Å². The van der Waals surface area contributed by atoms with E-state index in [0.29, 0.717) is 23.9 Å². The van der Waals surface area contributed by atoms with Crippen LogP contribution in [0, 0.1) is 15.9 Å². The monoisotopic (exact) mass is 386 g/mol. The summed E-state index contributed by atoms with van der Waals surface area (Å²) in [6, 6.07) is 17.6. The van der Waals surface area contributed by atoms with Crippen LogP contribution in [-0.2, 0) is 13.2 Å². The van der Waals surface area contributed by atoms with Crippen LogP contribution < -0.4 is 10.1 Å². The fraction of sp³-hybridized carbons (Fsp3) is 0.100. The second-order valence-corrected chi connectivity index (χ2v) is 6.26. The van der Waals surface area contributed by atoms with Crippen LogP contribution in [-0.4, -0.2) is 4.92 Å². The maximum absolute atomic E-state index is 13.0. The first kappa shape index (κ1) is 18.7. The molecule has 1 N–H and O–H groups in total. The van der Waals surface area contributed by atoms with E-state index in [4.69, 9.17) is 16.3 Å². The minimum atomic E-state index is -0.442. The van der Waals surface area contributed by atoms with Crippen molar-refractivity contribution < 1.29 is 14.1 Å². The lowest BCUT2D eigenvalue weighted by atomic mass is 10.2. The number of nitrogens with one attached hydrogen (secondary N) is 1. The van der Waals surface area contributed by atoms with Crippen LogP contribution in [0.3, 0.4) is 0 Å². The molecule has 0 aliphatic rings. The molecular weight excluding hydrogens is 371 g/mol. The Bertz CT molecular complexity index is 931. The number of nitro benzene ring substituents is 1. The third-order valence-electron chi connectivity index (χ3n) is 3.89. The number of non-ortho nitro benzene ring substituents is 1. The summed E-state index contributed by atoms with van der Waals surface area (Å²) in [7, 11) is 0. The zero-order chi connectivity index (χ0) is 19.2. The van der Waals surface area contributed by atoms with Gasteiger partial charge in [-0.3, -0.25) is 10.1 Å². The number of nitro groups is 1. The van der Waals surface area contributed by atoms with Gasteiger partial charge in [0.15, 0.2) is 0 Å². The summed E-state index contributed by atoms with van der Waals surface area (Å²) in [6.45, 7) is 0.726. The lowest BCUT2D eigenvalue weighted by molar-refractivity contribution is -0.384. The Morgan fingerprint density at radius 3 is 2.41 bits per heavy atom. The predicted molar refractivity (Wildman–Crippen MR) is 103 cm³/mol. The standard InChI is InChI=1S/C20H16ClFN2O3/c21-16-3-10-20(27-13-14-1-4-17(22)5-2-14)15(11-16)12-23-18-6-8-19(9-7-18)24(25)26/h1-11,23H,12-13H2. The van der Waals surface area contributed by atoms with Gasteiger partial charge in [-0.1, -0.05) is 23.7 Å². The van der Waals surface area contributed by atoms with Crippen LogP contribution in [0.4, 0.5) is 15.8 Å². The van der Waals surface area contributed by atoms with Crippen molar-refractivity contribution in [1.82, 2.24) is 0 Å². The number of rotatable bonds is 7. The van der Waals surface area contributed by atoms with Gasteiger partial charge in [-0.2, -0.15) is 0 Å². The lowest BCUT2D eigenvalue weighted by Gasteiger charge is -2.13. The van der Waals surface area contributed by atoms with Crippen molar-refractivity contribution >= 4 is 23.0 Å². The van der Waals surface area contributed by atoms with Gasteiger partial charge in [-0.15, -0.1) is 0 Å². The highest BCUT2D eigenvalue weighted by molar-refractivity contribution is 6.30. The van der Waals surface area contributed by atoms with Gasteiger partial charge in [0.2, 0.25) is 0 Å². The summed E-state index contributed by atoms with van der Waals surface area (Å²) >= 11 is 6.09. The second kappa shape index (κ2) is 8.51. The second-order valence-electron chi connectivity index (χ2n) is 5.82. The van der Waals surface area contributed by atoms with Crippen LogP contribution >= 0.6 is 11.6 Å². The van der Waals surface area contributed by atoms with Crippen LogP contribution in [0.1, 0.15) is 11.1 Å². The molecule has 0 bridgehead atoms. The molecule has 3 aromatic rings. The first-order valence-electron chi connectivity index (χ1n) is 8.15. The minimum absolute atomic E-state index is 0.0339. The third-order valence-corrected chi connectivity index (χ3v) is 4.13. The van der Waals surface area contributed by atoms with Crippen molar-refractivity contribution in [1.29, 1.82) is 0 Å². The minimum Gasteiger partial charge on any atom is -0.489 e. The maximum Gasteiger partial charge on any atom is 0.269 e. The number of hydrogen-bond donors (Lipinski definition) is 1. The van der Waals surface area contributed by atoms with Crippen molar-refractivity contribution in [3.05, 3.63) is 98.8 Å². The molecule has 7 heteroatoms. The summed E-state index contributed by atoms with van der Waals surface area (Å²) in [6.07, 6.45) is 0. The van der Waals surface area contributed by atoms with Crippen molar-refractivity contribution in [3.63, 3.8) is 0 Å². The average molecular weight is 387 g/mol. The third kappa shape index (κ3) is 5.18. The van der Waals surface area contributed by atoms with E-state index < -0.39 is 4.92 Å². The van der Waals surface area contributed by atoms with Gasteiger partial charge < -0.3 is 10.1 Å². The molecule has 3 rings (SSSR count). The molecule has 0 heterocycles. The molecule has 0 atom stereocenters. The highest BCUT2D eigenvalue weighted by Crippen LogP contribution is 2.25. The number of ether oxygens (including phenoxy) is 1. The van der Waals surface area contributed by atoms with Gasteiger partial charge in [0, 0.05) is 35.0 Å². The van der Waals surface area contributed by atoms with Crippen LogP contribution in [0.2, 0.25) is 5.02 Å². The van der Waals surface area contributed by atoms with E-state index in [0.717, 1.165) is 16.8 Å². The fourth-order valence-corrected chi connectivity index (χ4v) is 2.66. The fourth-order valence-electron chi connectivity index (χ4n) is 2.47. The van der Waals surface area contributed by atoms with Gasteiger partial charge in [-0.05, 0) is 48.0 Å². The number of hydrogen-bond acceptors (Lipinski definition) is 4. The number of nitrogens with zero attached hydrogens (tertiary/aromatic N) is 1. The van der Waals surface area contributed by atoms with Gasteiger partial charge in [0.05, 0.1) is 4.92 Å². The van der Waals surface area contributed by atoms with E-state index in [1.54, 1.807) is 42.5 Å². The van der Waals surface area contributed by atoms with Crippen LogP contribution in [0.25, 0.3) is 0 Å². The van der Waals surface area contributed by atoms with Gasteiger partial charge in [-0.25, -0.2) is 4.39 Å². The molecule has 0 aliphatic heterocycles. The van der Waals surface area contributed by atoms with E-state index in [9.17, 15) is 14.5 Å². The van der Waals surface area contributed by atoms with Gasteiger partial charge in [0.25, 0.3) is 5.69 Å². The molecule has 5 nitrogen and oxygen atoms in total. The summed E-state index contributed by atoms with van der Waals surface area (Å²) in [5, 5.41) is 14.5. The molecule has 0 amide bonds. The molecule has 0 aromatic heterocycles. The van der Waals surface area contributed by atoms with E-state index >= 15 is 0 Å². The average Bonchev–Trinajstić information content (AvgIpc) is 2.67. The zero-order valence-electron chi connectivity index (χ0n) is 14.2. The van der Waals surface area contributed by atoms with Crippen molar-refractivity contribution in [3.8, 4) is 5.75 Å². The van der Waals surface area contributed by atoms with Crippen LogP contribution in [0.15, 0.2) is 66.7 Å². The quantitative estimate of drug-likeness (QED) is 0.425. The van der Waals surface area contributed by atoms with E-state index in [1.807, 2.05) is 0 Å². The smallest absolute Gasteiger partial charge is 0.269 e. The Labute approximate surface area is 160 Å². The molecule has 0 fully saturated rings. The zero-order valence-corrected chi connectivity index (χ0v) is 14.9. The van der Waals surface area contributed by atoms with E-state index in [1.165, 1.54) is 24.3 Å². The van der Waals surface area contributed by atoms with Crippen molar-refractivity contribution in [2.24, 2.45) is 0 Å². The maximum atomic E-state index is 13.0. The molecule has 0 radical (unpaired) electrons. The Kier molecular flexibility index (Phi) is 5.88. The topological polar surface area (TPSA) is 64.4 Å². The molecule has 0 aliphatic carbocycles. The molecular formula is C20H16ClFN2O3. The van der Waals surface area contributed by atoms with E-state index in [-0.39, 0.29) is 11.5 Å². The normalized spacial score (nSPS) is 10.4. The molecule has 0 spiro atoms. The van der Waals surface area contributed by atoms with E-state index in [2.05, 4.69) is 5.32 Å². The Hall–Kier alpha value is -3.12. The molecule has 3 aromatic carbocycles. The summed E-state index contributed by atoms with van der Waals surface area (Å²) in [5.74, 6) is 0.358. The molecule has 0 saturated carbocycles. The lowest BCUT2D eigenvalue weighted by Crippen LogP contribution is -2.04. The number of anilines is 1. The largest absolute Gasteiger partial charge is 0.489 e. The molecule has 0 unspecified atom stereocenters. The molecule has 138 valence electrons. The number of halogens is 2. The van der Waals surface area contributed by atoms with Gasteiger partial charge >= 0.3 is 0 Å². The highest BCUT2D eigenvalue weighted by Gasteiger charge is 2.08. The van der Waals surface area contributed by atoms with Gasteiger partial charge in [0.1, 0.15) is 18.2 Å². The summed E-state index contributed by atoms with van der Waals surface area (Å²) in [4.78, 5) is 10.3. The Morgan fingerprint density at radius 2 is 1.74 bits per heavy atom. The first-order valence-corrected chi connectivity index (χ1v) is 8.53. The SMILES string of the molecule is O=[N+]([O-])c1ccc(NCc2cc(Cl)ccc2OCc2ccc(F)cc2)cc1. The molecule has 27 heavy (non-hydrogen) atoms. The predicted octanol–water partition coefficient (Wildman–Crippen LogP) is 5.58. The first-order chi connectivity index (χ1) is 13.0.